The molecule has 34 heavy (non-hydrogen) atoms. The standard InChI is InChI=1S/C28H31N3O3/c1-28(27(33)29-22-12-6-7-13-22)19-30-24(21-10-4-3-5-11-21)15-16-25(30)26(32)31(28)18-20-9-8-14-23(17-20)34-2/h3-5,8-11,14-17,22H,6-7,12-13,18-19H2,1-2H3,(H,29,33)/t28-/m1/s1. The number of aromatic nitrogens is 1. The molecule has 6 heteroatoms. The minimum atomic E-state index is -1.03. The SMILES string of the molecule is COc1cccc(CN2C(=O)c3ccc(-c4ccccc4)n3C[C@]2(C)C(=O)NC2CCCC2)c1. The molecular formula is C28H31N3O3. The van der Waals surface area contributed by atoms with Gasteiger partial charge in [-0.3, -0.25) is 9.59 Å². The number of ether oxygens (including phenoxy) is 1. The lowest BCUT2D eigenvalue weighted by Crippen LogP contribution is -2.64. The van der Waals surface area contributed by atoms with E-state index in [1.165, 1.54) is 0 Å². The Hall–Kier alpha value is -3.54. The summed E-state index contributed by atoms with van der Waals surface area (Å²) in [4.78, 5) is 29.4. The van der Waals surface area contributed by atoms with E-state index in [0.717, 1.165) is 48.3 Å². The lowest BCUT2D eigenvalue weighted by atomic mass is 9.93. The van der Waals surface area contributed by atoms with E-state index in [1.807, 2.05) is 78.2 Å². The summed E-state index contributed by atoms with van der Waals surface area (Å²) in [5, 5.41) is 3.26. The summed E-state index contributed by atoms with van der Waals surface area (Å²) in [5.74, 6) is 0.503. The molecule has 1 N–H and O–H groups in total. The smallest absolute Gasteiger partial charge is 0.271 e. The molecule has 1 atom stereocenters. The number of hydrogen-bond donors (Lipinski definition) is 1. The lowest BCUT2D eigenvalue weighted by Gasteiger charge is -2.45. The van der Waals surface area contributed by atoms with Crippen molar-refractivity contribution in [3.05, 3.63) is 78.0 Å². The average molecular weight is 458 g/mol. The Labute approximate surface area is 200 Å². The Balaban J connectivity index is 1.55. The molecule has 0 spiro atoms. The Bertz CT molecular complexity index is 1200. The van der Waals surface area contributed by atoms with Gasteiger partial charge < -0.3 is 19.5 Å². The molecule has 1 aliphatic heterocycles. The first-order valence-corrected chi connectivity index (χ1v) is 12.0. The second kappa shape index (κ2) is 9.01. The van der Waals surface area contributed by atoms with Crippen LogP contribution >= 0.6 is 0 Å². The summed E-state index contributed by atoms with van der Waals surface area (Å²) in [6.45, 7) is 2.62. The number of rotatable bonds is 6. The van der Waals surface area contributed by atoms with Gasteiger partial charge in [0.05, 0.1) is 13.7 Å². The van der Waals surface area contributed by atoms with Gasteiger partial charge in [-0.05, 0) is 55.2 Å². The molecule has 5 rings (SSSR count). The molecule has 0 radical (unpaired) electrons. The van der Waals surface area contributed by atoms with Gasteiger partial charge in [-0.1, -0.05) is 55.3 Å². The molecule has 1 saturated carbocycles. The summed E-state index contributed by atoms with van der Waals surface area (Å²) >= 11 is 0. The van der Waals surface area contributed by atoms with Crippen molar-refractivity contribution < 1.29 is 14.3 Å². The number of benzene rings is 2. The average Bonchev–Trinajstić information content (AvgIpc) is 3.52. The normalized spacial score (nSPS) is 20.3. The first-order valence-electron chi connectivity index (χ1n) is 12.0. The number of carbonyl (C=O) groups is 2. The molecular weight excluding hydrogens is 426 g/mol. The summed E-state index contributed by atoms with van der Waals surface area (Å²) in [7, 11) is 1.63. The largest absolute Gasteiger partial charge is 0.497 e. The van der Waals surface area contributed by atoms with Crippen molar-refractivity contribution >= 4 is 11.8 Å². The molecule has 2 amide bonds. The van der Waals surface area contributed by atoms with Gasteiger partial charge in [0.25, 0.3) is 5.91 Å². The summed E-state index contributed by atoms with van der Waals surface area (Å²) < 4.78 is 7.39. The highest BCUT2D eigenvalue weighted by Crippen LogP contribution is 2.35. The molecule has 6 nitrogen and oxygen atoms in total. The van der Waals surface area contributed by atoms with Gasteiger partial charge in [0.2, 0.25) is 5.91 Å². The zero-order valence-electron chi connectivity index (χ0n) is 19.8. The van der Waals surface area contributed by atoms with Crippen LogP contribution in [-0.4, -0.2) is 40.0 Å². The Kier molecular flexibility index (Phi) is 5.90. The fourth-order valence-corrected chi connectivity index (χ4v) is 5.25. The van der Waals surface area contributed by atoms with Crippen LogP contribution in [-0.2, 0) is 17.9 Å². The first kappa shape index (κ1) is 22.3. The second-order valence-electron chi connectivity index (χ2n) is 9.53. The maximum atomic E-state index is 13.9. The minimum Gasteiger partial charge on any atom is -0.497 e. The van der Waals surface area contributed by atoms with Crippen LogP contribution in [0.2, 0.25) is 0 Å². The molecule has 0 saturated heterocycles. The van der Waals surface area contributed by atoms with Crippen molar-refractivity contribution in [2.45, 2.75) is 57.3 Å². The van der Waals surface area contributed by atoms with Gasteiger partial charge in [0.15, 0.2) is 0 Å². The fraction of sp³-hybridized carbons (Fsp3) is 0.357. The van der Waals surface area contributed by atoms with Crippen molar-refractivity contribution in [1.82, 2.24) is 14.8 Å². The zero-order chi connectivity index (χ0) is 23.7. The second-order valence-corrected chi connectivity index (χ2v) is 9.53. The summed E-state index contributed by atoms with van der Waals surface area (Å²) in [6, 6.07) is 21.7. The van der Waals surface area contributed by atoms with Crippen molar-refractivity contribution in [3.63, 3.8) is 0 Å². The number of amides is 2. The molecule has 1 fully saturated rings. The van der Waals surface area contributed by atoms with Crippen molar-refractivity contribution in [2.24, 2.45) is 0 Å². The van der Waals surface area contributed by atoms with Gasteiger partial charge in [-0.25, -0.2) is 0 Å². The predicted molar refractivity (Wildman–Crippen MR) is 132 cm³/mol. The fourth-order valence-electron chi connectivity index (χ4n) is 5.25. The van der Waals surface area contributed by atoms with E-state index in [0.29, 0.717) is 18.8 Å². The molecule has 1 aromatic heterocycles. The number of fused-ring (bicyclic) bond motifs is 1. The van der Waals surface area contributed by atoms with E-state index in [9.17, 15) is 9.59 Å². The van der Waals surface area contributed by atoms with Crippen LogP contribution in [0.4, 0.5) is 0 Å². The Morgan fingerprint density at radius 1 is 1.03 bits per heavy atom. The van der Waals surface area contributed by atoms with Crippen molar-refractivity contribution in [3.8, 4) is 17.0 Å². The molecule has 2 heterocycles. The summed E-state index contributed by atoms with van der Waals surface area (Å²) in [6.07, 6.45) is 4.26. The Morgan fingerprint density at radius 2 is 1.76 bits per heavy atom. The number of methoxy groups -OCH3 is 1. The van der Waals surface area contributed by atoms with E-state index in [4.69, 9.17) is 4.74 Å². The van der Waals surface area contributed by atoms with Crippen molar-refractivity contribution in [1.29, 1.82) is 0 Å². The number of hydrogen-bond acceptors (Lipinski definition) is 3. The monoisotopic (exact) mass is 457 g/mol. The highest BCUT2D eigenvalue weighted by Gasteiger charge is 2.48. The van der Waals surface area contributed by atoms with E-state index >= 15 is 0 Å². The van der Waals surface area contributed by atoms with Gasteiger partial charge >= 0.3 is 0 Å². The molecule has 0 unspecified atom stereocenters. The quantitative estimate of drug-likeness (QED) is 0.587. The molecule has 2 aliphatic rings. The van der Waals surface area contributed by atoms with Crippen molar-refractivity contribution in [2.75, 3.05) is 7.11 Å². The van der Waals surface area contributed by atoms with Gasteiger partial charge in [0, 0.05) is 18.3 Å². The van der Waals surface area contributed by atoms with Crippen LogP contribution in [0.3, 0.4) is 0 Å². The van der Waals surface area contributed by atoms with Crippen LogP contribution in [0, 0.1) is 0 Å². The highest BCUT2D eigenvalue weighted by molar-refractivity contribution is 6.00. The highest BCUT2D eigenvalue weighted by atomic mass is 16.5. The third kappa shape index (κ3) is 3.98. The maximum Gasteiger partial charge on any atom is 0.271 e. The number of carbonyl (C=O) groups excluding carboxylic acids is 2. The first-order chi connectivity index (χ1) is 16.5. The molecule has 2 aromatic carbocycles. The lowest BCUT2D eigenvalue weighted by molar-refractivity contribution is -0.133. The van der Waals surface area contributed by atoms with E-state index < -0.39 is 5.54 Å². The van der Waals surface area contributed by atoms with E-state index in [2.05, 4.69) is 5.32 Å². The zero-order valence-corrected chi connectivity index (χ0v) is 19.8. The summed E-state index contributed by atoms with van der Waals surface area (Å²) in [5.41, 5.74) is 2.48. The molecule has 3 aromatic rings. The molecule has 176 valence electrons. The third-order valence-corrected chi connectivity index (χ3v) is 7.23. The maximum absolute atomic E-state index is 13.9. The molecule has 1 aliphatic carbocycles. The topological polar surface area (TPSA) is 63.6 Å². The van der Waals surface area contributed by atoms with Gasteiger partial charge in [-0.2, -0.15) is 0 Å². The minimum absolute atomic E-state index is 0.0889. The number of nitrogens with zero attached hydrogens (tertiary/aromatic N) is 2. The number of nitrogens with one attached hydrogen (secondary N) is 1. The van der Waals surface area contributed by atoms with E-state index in [-0.39, 0.29) is 17.9 Å². The van der Waals surface area contributed by atoms with Gasteiger partial charge in [-0.15, -0.1) is 0 Å². The van der Waals surface area contributed by atoms with Gasteiger partial charge in [0.1, 0.15) is 17.0 Å². The predicted octanol–water partition coefficient (Wildman–Crippen LogP) is 4.64. The van der Waals surface area contributed by atoms with Crippen LogP contribution in [0.25, 0.3) is 11.3 Å². The molecule has 0 bridgehead atoms. The third-order valence-electron chi connectivity index (χ3n) is 7.23. The van der Waals surface area contributed by atoms with Crippen LogP contribution < -0.4 is 10.1 Å². The Morgan fingerprint density at radius 3 is 2.50 bits per heavy atom. The van der Waals surface area contributed by atoms with Crippen LogP contribution in [0.15, 0.2) is 66.7 Å². The van der Waals surface area contributed by atoms with E-state index in [1.54, 1.807) is 12.0 Å². The van der Waals surface area contributed by atoms with Crippen LogP contribution in [0.5, 0.6) is 5.75 Å². The van der Waals surface area contributed by atoms with Crippen LogP contribution in [0.1, 0.15) is 48.7 Å².